The highest BCUT2D eigenvalue weighted by Crippen LogP contribution is 2.31. The molecular formula is C14H11BrN4O5. The number of rotatable bonds is 5. The molecule has 124 valence electrons. The van der Waals surface area contributed by atoms with Crippen LogP contribution in [-0.2, 0) is 6.61 Å². The minimum atomic E-state index is -0.617. The molecule has 24 heavy (non-hydrogen) atoms. The number of pyridine rings is 1. The lowest BCUT2D eigenvalue weighted by Gasteiger charge is -2.03. The average Bonchev–Trinajstić information content (AvgIpc) is 2.58. The zero-order chi connectivity index (χ0) is 17.7. The highest BCUT2D eigenvalue weighted by molar-refractivity contribution is 9.10. The topological polar surface area (TPSA) is 138 Å². The molecule has 2 rings (SSSR count). The van der Waals surface area contributed by atoms with Crippen LogP contribution < -0.4 is 5.43 Å². The number of amides is 1. The maximum absolute atomic E-state index is 11.9. The molecule has 0 bridgehead atoms. The molecule has 1 aromatic carbocycles. The predicted octanol–water partition coefficient (Wildman–Crippen LogP) is 1.71. The van der Waals surface area contributed by atoms with Crippen LogP contribution in [0.3, 0.4) is 0 Å². The second kappa shape index (κ2) is 7.62. The number of carbonyl (C=O) groups is 1. The number of aromatic hydroxyl groups is 1. The highest BCUT2D eigenvalue weighted by atomic mass is 79.9. The first-order chi connectivity index (χ1) is 11.4. The van der Waals surface area contributed by atoms with Gasteiger partial charge in [-0.1, -0.05) is 0 Å². The molecule has 0 unspecified atom stereocenters. The number of hydrazone groups is 1. The number of phenols is 1. The molecule has 0 radical (unpaired) electrons. The number of phenolic OH excluding ortho intramolecular Hbond substituents is 1. The van der Waals surface area contributed by atoms with Crippen LogP contribution in [0.4, 0.5) is 5.69 Å². The molecule has 0 aliphatic rings. The number of nitrogens with zero attached hydrogens (tertiary/aromatic N) is 3. The van der Waals surface area contributed by atoms with Gasteiger partial charge in [0.05, 0.1) is 33.5 Å². The summed E-state index contributed by atoms with van der Waals surface area (Å²) in [5.74, 6) is -0.806. The third kappa shape index (κ3) is 4.12. The van der Waals surface area contributed by atoms with E-state index >= 15 is 0 Å². The summed E-state index contributed by atoms with van der Waals surface area (Å²) in [6, 6.07) is 5.22. The molecular weight excluding hydrogens is 384 g/mol. The molecule has 9 nitrogen and oxygen atoms in total. The second-order valence-corrected chi connectivity index (χ2v) is 5.37. The van der Waals surface area contributed by atoms with Gasteiger partial charge in [0, 0.05) is 23.9 Å². The smallest absolute Gasteiger partial charge is 0.272 e. The molecule has 1 heterocycles. The van der Waals surface area contributed by atoms with Gasteiger partial charge in [0.15, 0.2) is 0 Å². The number of nitro benzene ring substituents is 1. The lowest BCUT2D eigenvalue weighted by Crippen LogP contribution is -2.18. The fourth-order valence-electron chi connectivity index (χ4n) is 1.69. The molecule has 0 spiro atoms. The maximum Gasteiger partial charge on any atom is 0.272 e. The first-order valence-electron chi connectivity index (χ1n) is 6.48. The molecule has 10 heteroatoms. The number of aliphatic hydroxyl groups is 1. The molecule has 2 aromatic rings. The third-order valence-corrected chi connectivity index (χ3v) is 3.51. The summed E-state index contributed by atoms with van der Waals surface area (Å²) in [6.45, 7) is -0.235. The van der Waals surface area contributed by atoms with Crippen molar-refractivity contribution in [3.05, 3.63) is 61.9 Å². The fourth-order valence-corrected chi connectivity index (χ4v) is 2.15. The molecule has 0 atom stereocenters. The minimum Gasteiger partial charge on any atom is -0.506 e. The number of nitro groups is 1. The van der Waals surface area contributed by atoms with Gasteiger partial charge in [-0.25, -0.2) is 5.43 Å². The number of hydrogen-bond acceptors (Lipinski definition) is 7. The summed E-state index contributed by atoms with van der Waals surface area (Å²) in [7, 11) is 0. The number of hydrogen-bond donors (Lipinski definition) is 3. The Balaban J connectivity index is 2.13. The summed E-state index contributed by atoms with van der Waals surface area (Å²) in [6.07, 6.45) is 2.36. The van der Waals surface area contributed by atoms with Crippen molar-refractivity contribution in [3.8, 4) is 5.75 Å². The van der Waals surface area contributed by atoms with Gasteiger partial charge in [-0.15, -0.1) is 0 Å². The normalized spacial score (nSPS) is 10.8. The Hall–Kier alpha value is -2.85. The van der Waals surface area contributed by atoms with Crippen LogP contribution in [0.15, 0.2) is 40.0 Å². The lowest BCUT2D eigenvalue weighted by molar-refractivity contribution is -0.385. The predicted molar refractivity (Wildman–Crippen MR) is 87.7 cm³/mol. The van der Waals surface area contributed by atoms with Gasteiger partial charge in [-0.2, -0.15) is 5.10 Å². The second-order valence-electron chi connectivity index (χ2n) is 4.52. The molecule has 0 fully saturated rings. The van der Waals surface area contributed by atoms with E-state index in [1.165, 1.54) is 18.3 Å². The van der Waals surface area contributed by atoms with Gasteiger partial charge < -0.3 is 10.2 Å². The van der Waals surface area contributed by atoms with Gasteiger partial charge >= 0.3 is 0 Å². The van der Waals surface area contributed by atoms with Crippen molar-refractivity contribution in [2.75, 3.05) is 0 Å². The van der Waals surface area contributed by atoms with Crippen molar-refractivity contribution in [1.29, 1.82) is 0 Å². The van der Waals surface area contributed by atoms with Crippen LogP contribution in [0.2, 0.25) is 0 Å². The Morgan fingerprint density at radius 1 is 1.46 bits per heavy atom. The van der Waals surface area contributed by atoms with E-state index in [0.29, 0.717) is 5.69 Å². The van der Waals surface area contributed by atoms with Crippen LogP contribution in [0.1, 0.15) is 21.6 Å². The Morgan fingerprint density at radius 3 is 2.79 bits per heavy atom. The number of benzene rings is 1. The van der Waals surface area contributed by atoms with Gasteiger partial charge in [0.2, 0.25) is 0 Å². The summed E-state index contributed by atoms with van der Waals surface area (Å²) >= 11 is 3.00. The standard InChI is InChI=1S/C14H11BrN4O5/c15-12-4-11(19(23)24)3-9(13(12)21)6-17-18-14(22)8-1-2-10(7-20)16-5-8/h1-6,20-21H,7H2,(H,18,22)/b17-6-. The van der Waals surface area contributed by atoms with E-state index in [9.17, 15) is 20.0 Å². The Kier molecular flexibility index (Phi) is 5.55. The van der Waals surface area contributed by atoms with E-state index in [1.54, 1.807) is 0 Å². The van der Waals surface area contributed by atoms with Crippen molar-refractivity contribution < 1.29 is 19.9 Å². The summed E-state index contributed by atoms with van der Waals surface area (Å²) in [5, 5.41) is 33.2. The summed E-state index contributed by atoms with van der Waals surface area (Å²) < 4.78 is 0.133. The van der Waals surface area contributed by atoms with Crippen LogP contribution in [0, 0.1) is 10.1 Å². The van der Waals surface area contributed by atoms with Gasteiger partial charge in [0.25, 0.3) is 11.6 Å². The molecule has 1 amide bonds. The quantitative estimate of drug-likeness (QED) is 0.400. The van der Waals surface area contributed by atoms with Gasteiger partial charge in [0.1, 0.15) is 5.75 Å². The highest BCUT2D eigenvalue weighted by Gasteiger charge is 2.13. The van der Waals surface area contributed by atoms with Crippen LogP contribution in [0.25, 0.3) is 0 Å². The van der Waals surface area contributed by atoms with Crippen molar-refractivity contribution in [1.82, 2.24) is 10.4 Å². The van der Waals surface area contributed by atoms with Crippen LogP contribution in [0.5, 0.6) is 5.75 Å². The molecule has 0 saturated carbocycles. The van der Waals surface area contributed by atoms with Crippen molar-refractivity contribution in [3.63, 3.8) is 0 Å². The van der Waals surface area contributed by atoms with Crippen LogP contribution >= 0.6 is 15.9 Å². The monoisotopic (exact) mass is 394 g/mol. The number of nitrogens with one attached hydrogen (secondary N) is 1. The van der Waals surface area contributed by atoms with E-state index in [1.807, 2.05) is 0 Å². The fraction of sp³-hybridized carbons (Fsp3) is 0.0714. The Morgan fingerprint density at radius 2 is 2.21 bits per heavy atom. The van der Waals surface area contributed by atoms with Gasteiger partial charge in [-0.3, -0.25) is 19.9 Å². The maximum atomic E-state index is 11.9. The van der Waals surface area contributed by atoms with Crippen molar-refractivity contribution >= 4 is 33.7 Å². The Labute approximate surface area is 143 Å². The minimum absolute atomic E-state index is 0.0603. The summed E-state index contributed by atoms with van der Waals surface area (Å²) in [4.78, 5) is 25.9. The number of aliphatic hydroxyl groups excluding tert-OH is 1. The first kappa shape index (κ1) is 17.5. The molecule has 0 aliphatic heterocycles. The number of aromatic nitrogens is 1. The van der Waals surface area contributed by atoms with E-state index < -0.39 is 10.8 Å². The zero-order valence-corrected chi connectivity index (χ0v) is 13.6. The zero-order valence-electron chi connectivity index (χ0n) is 12.0. The SMILES string of the molecule is O=C(N/N=C\c1cc([N+](=O)[O-])cc(Br)c1O)c1ccc(CO)nc1. The summed E-state index contributed by atoms with van der Waals surface area (Å²) in [5.41, 5.74) is 2.67. The van der Waals surface area contributed by atoms with Gasteiger partial charge in [-0.05, 0) is 28.1 Å². The average molecular weight is 395 g/mol. The number of non-ortho nitro benzene ring substituents is 1. The largest absolute Gasteiger partial charge is 0.506 e. The van der Waals surface area contributed by atoms with E-state index in [0.717, 1.165) is 18.3 Å². The molecule has 0 saturated heterocycles. The molecule has 0 aliphatic carbocycles. The van der Waals surface area contributed by atoms with Crippen molar-refractivity contribution in [2.24, 2.45) is 5.10 Å². The van der Waals surface area contributed by atoms with E-state index in [2.05, 4.69) is 31.4 Å². The molecule has 1 aromatic heterocycles. The third-order valence-electron chi connectivity index (χ3n) is 2.91. The first-order valence-corrected chi connectivity index (χ1v) is 7.27. The van der Waals surface area contributed by atoms with E-state index in [4.69, 9.17) is 5.11 Å². The van der Waals surface area contributed by atoms with Crippen LogP contribution in [-0.4, -0.2) is 32.2 Å². The Bertz CT molecular complexity index is 808. The van der Waals surface area contributed by atoms with E-state index in [-0.39, 0.29) is 33.6 Å². The van der Waals surface area contributed by atoms with Crippen molar-refractivity contribution in [2.45, 2.75) is 6.61 Å². The number of carbonyl (C=O) groups excluding carboxylic acids is 1. The molecule has 3 N–H and O–H groups in total. The number of halogens is 1. The lowest BCUT2D eigenvalue weighted by atomic mass is 10.2.